The number of likely N-dealkylation sites (tertiary alicyclic amines) is 1. The zero-order chi connectivity index (χ0) is 24.5. The zero-order valence-electron chi connectivity index (χ0n) is 20.3. The molecular weight excluding hydrogens is 469 g/mol. The fourth-order valence-electron chi connectivity index (χ4n) is 5.45. The third kappa shape index (κ3) is 4.94. The van der Waals surface area contributed by atoms with Gasteiger partial charge in [-0.3, -0.25) is 9.58 Å². The average Bonchev–Trinajstić information content (AvgIpc) is 3.20. The van der Waals surface area contributed by atoms with Crippen LogP contribution in [0.25, 0.3) is 11.0 Å². The minimum Gasteiger partial charge on any atom is -0.396 e. The number of aryl methyl sites for hydroxylation is 2. The number of benzene rings is 1. The Labute approximate surface area is 210 Å². The Morgan fingerprint density at radius 1 is 1.14 bits per heavy atom. The highest BCUT2D eigenvalue weighted by molar-refractivity contribution is 6.30. The number of halogens is 2. The molecule has 3 aromatic rings. The van der Waals surface area contributed by atoms with Gasteiger partial charge in [-0.1, -0.05) is 18.5 Å². The second-order valence-electron chi connectivity index (χ2n) is 9.65. The summed E-state index contributed by atoms with van der Waals surface area (Å²) in [5.41, 5.74) is 2.73. The number of nitrogens with zero attached hydrogens (tertiary/aromatic N) is 6. The summed E-state index contributed by atoms with van der Waals surface area (Å²) in [6.45, 7) is 6.16. The maximum Gasteiger partial charge on any atom is 0.228 e. The standard InChI is InChI=1S/C25H33ClFN7O/c1-3-21-22-23(31-32(21)2)24(28-20-7-6-17(26)13-19(20)27)30-25(29-22)33-11-8-18(9-12-33)34-10-4-5-16(14-34)15-35/h6-7,13,16,18,35H,3-5,8-12,14-15H2,1-2H3,(H,28,29,30)/t16-/m0/s1. The molecule has 0 radical (unpaired) electrons. The Balaban J connectivity index is 1.41. The Morgan fingerprint density at radius 2 is 1.94 bits per heavy atom. The smallest absolute Gasteiger partial charge is 0.228 e. The van der Waals surface area contributed by atoms with Gasteiger partial charge in [0.2, 0.25) is 5.95 Å². The van der Waals surface area contributed by atoms with E-state index in [2.05, 4.69) is 27.1 Å². The number of fused-ring (bicyclic) bond motifs is 1. The molecule has 2 aliphatic heterocycles. The number of aliphatic hydroxyl groups excluding tert-OH is 1. The van der Waals surface area contributed by atoms with Gasteiger partial charge in [0.1, 0.15) is 11.3 Å². The van der Waals surface area contributed by atoms with Crippen LogP contribution >= 0.6 is 11.6 Å². The van der Waals surface area contributed by atoms with Gasteiger partial charge in [-0.15, -0.1) is 0 Å². The van der Waals surface area contributed by atoms with Gasteiger partial charge in [0, 0.05) is 44.4 Å². The van der Waals surface area contributed by atoms with Gasteiger partial charge in [0.15, 0.2) is 11.3 Å². The molecule has 0 unspecified atom stereocenters. The normalized spacial score (nSPS) is 20.0. The average molecular weight is 502 g/mol. The predicted molar refractivity (Wildman–Crippen MR) is 137 cm³/mol. The summed E-state index contributed by atoms with van der Waals surface area (Å²) in [5, 5.41) is 17.7. The molecule has 2 N–H and O–H groups in total. The van der Waals surface area contributed by atoms with Crippen molar-refractivity contribution in [3.8, 4) is 0 Å². The van der Waals surface area contributed by atoms with Crippen LogP contribution in [-0.4, -0.2) is 68.6 Å². The van der Waals surface area contributed by atoms with Gasteiger partial charge >= 0.3 is 0 Å². The lowest BCUT2D eigenvalue weighted by Crippen LogP contribution is -2.49. The van der Waals surface area contributed by atoms with Crippen molar-refractivity contribution in [2.45, 2.75) is 45.1 Å². The number of aliphatic hydroxyl groups is 1. The van der Waals surface area contributed by atoms with Gasteiger partial charge in [0.05, 0.1) is 11.4 Å². The van der Waals surface area contributed by atoms with Gasteiger partial charge in [-0.2, -0.15) is 10.1 Å². The molecule has 8 nitrogen and oxygen atoms in total. The van der Waals surface area contributed by atoms with Crippen LogP contribution in [0.3, 0.4) is 0 Å². The van der Waals surface area contributed by atoms with Crippen LogP contribution in [0.2, 0.25) is 5.02 Å². The van der Waals surface area contributed by atoms with Crippen LogP contribution in [0.15, 0.2) is 18.2 Å². The number of rotatable bonds is 6. The van der Waals surface area contributed by atoms with Crippen LogP contribution in [0.5, 0.6) is 0 Å². The third-order valence-corrected chi connectivity index (χ3v) is 7.61. The first-order chi connectivity index (χ1) is 17.0. The van der Waals surface area contributed by atoms with E-state index in [4.69, 9.17) is 21.6 Å². The van der Waals surface area contributed by atoms with E-state index in [-0.39, 0.29) is 6.61 Å². The van der Waals surface area contributed by atoms with Crippen LogP contribution < -0.4 is 10.2 Å². The number of anilines is 3. The topological polar surface area (TPSA) is 82.3 Å². The fourth-order valence-corrected chi connectivity index (χ4v) is 5.61. The van der Waals surface area contributed by atoms with Crippen molar-refractivity contribution >= 4 is 40.1 Å². The molecule has 4 heterocycles. The minimum absolute atomic E-state index is 0.276. The van der Waals surface area contributed by atoms with Crippen molar-refractivity contribution in [1.29, 1.82) is 0 Å². The molecule has 2 fully saturated rings. The van der Waals surface area contributed by atoms with Crippen molar-refractivity contribution in [2.75, 3.05) is 43.0 Å². The van der Waals surface area contributed by atoms with Crippen LogP contribution in [0, 0.1) is 11.7 Å². The lowest BCUT2D eigenvalue weighted by atomic mass is 9.94. The number of hydrogen-bond donors (Lipinski definition) is 2. The fraction of sp³-hybridized carbons (Fsp3) is 0.560. The first-order valence-corrected chi connectivity index (χ1v) is 12.9. The molecule has 2 saturated heterocycles. The van der Waals surface area contributed by atoms with Crippen molar-refractivity contribution in [3.63, 3.8) is 0 Å². The second kappa shape index (κ2) is 10.2. The summed E-state index contributed by atoms with van der Waals surface area (Å²) < 4.78 is 16.4. The second-order valence-corrected chi connectivity index (χ2v) is 10.1. The van der Waals surface area contributed by atoms with Crippen LogP contribution in [-0.2, 0) is 13.5 Å². The Morgan fingerprint density at radius 3 is 2.66 bits per heavy atom. The highest BCUT2D eigenvalue weighted by Crippen LogP contribution is 2.31. The molecule has 0 bridgehead atoms. The van der Waals surface area contributed by atoms with Crippen molar-refractivity contribution in [3.05, 3.63) is 34.7 Å². The highest BCUT2D eigenvalue weighted by Gasteiger charge is 2.30. The molecule has 188 valence electrons. The zero-order valence-corrected chi connectivity index (χ0v) is 21.1. The van der Waals surface area contributed by atoms with E-state index < -0.39 is 5.82 Å². The minimum atomic E-state index is -0.444. The molecule has 2 aliphatic rings. The first-order valence-electron chi connectivity index (χ1n) is 12.5. The quantitative estimate of drug-likeness (QED) is 0.525. The molecule has 2 aromatic heterocycles. The first kappa shape index (κ1) is 24.2. The molecule has 1 atom stereocenters. The van der Waals surface area contributed by atoms with E-state index in [0.29, 0.717) is 40.0 Å². The SMILES string of the molecule is CCc1c2nc(N3CCC(N4CCC[C@H](CO)C4)CC3)nc(Nc3ccc(Cl)cc3F)c2nn1C. The number of aromatic nitrogens is 4. The van der Waals surface area contributed by atoms with E-state index >= 15 is 0 Å². The van der Waals surface area contributed by atoms with Gasteiger partial charge < -0.3 is 15.3 Å². The molecule has 10 heteroatoms. The Bertz CT molecular complexity index is 1190. The van der Waals surface area contributed by atoms with E-state index in [1.807, 2.05) is 11.7 Å². The van der Waals surface area contributed by atoms with Gasteiger partial charge in [0.25, 0.3) is 0 Å². The van der Waals surface area contributed by atoms with Crippen LogP contribution in [0.4, 0.5) is 21.8 Å². The Kier molecular flexibility index (Phi) is 7.09. The summed E-state index contributed by atoms with van der Waals surface area (Å²) >= 11 is 5.94. The van der Waals surface area contributed by atoms with E-state index in [1.165, 1.54) is 6.07 Å². The van der Waals surface area contributed by atoms with Crippen molar-refractivity contribution < 1.29 is 9.50 Å². The monoisotopic (exact) mass is 501 g/mol. The lowest BCUT2D eigenvalue weighted by Gasteiger charge is -2.42. The third-order valence-electron chi connectivity index (χ3n) is 7.38. The molecule has 35 heavy (non-hydrogen) atoms. The summed E-state index contributed by atoms with van der Waals surface area (Å²) in [6, 6.07) is 5.06. The summed E-state index contributed by atoms with van der Waals surface area (Å²) in [4.78, 5) is 14.5. The molecule has 5 rings (SSSR count). The number of nitrogens with one attached hydrogen (secondary N) is 1. The van der Waals surface area contributed by atoms with E-state index in [0.717, 1.165) is 69.5 Å². The van der Waals surface area contributed by atoms with Crippen molar-refractivity contribution in [1.82, 2.24) is 24.6 Å². The summed E-state index contributed by atoms with van der Waals surface area (Å²) in [7, 11) is 1.90. The van der Waals surface area contributed by atoms with E-state index in [1.54, 1.807) is 12.1 Å². The summed E-state index contributed by atoms with van der Waals surface area (Å²) in [6.07, 6.45) is 5.11. The molecule has 0 saturated carbocycles. The predicted octanol–water partition coefficient (Wildman–Crippen LogP) is 4.13. The summed E-state index contributed by atoms with van der Waals surface area (Å²) in [5.74, 6) is 1.08. The number of piperidine rings is 2. The van der Waals surface area contributed by atoms with Crippen molar-refractivity contribution in [2.24, 2.45) is 13.0 Å². The Hall–Kier alpha value is -2.49. The largest absolute Gasteiger partial charge is 0.396 e. The van der Waals surface area contributed by atoms with Gasteiger partial charge in [-0.25, -0.2) is 9.37 Å². The maximum absolute atomic E-state index is 14.6. The number of hydrogen-bond acceptors (Lipinski definition) is 7. The molecule has 0 aliphatic carbocycles. The molecule has 1 aromatic carbocycles. The molecule has 0 spiro atoms. The van der Waals surface area contributed by atoms with E-state index in [9.17, 15) is 9.50 Å². The van der Waals surface area contributed by atoms with Crippen LogP contribution in [0.1, 0.15) is 38.3 Å². The lowest BCUT2D eigenvalue weighted by molar-refractivity contribution is 0.0776. The van der Waals surface area contributed by atoms with Gasteiger partial charge in [-0.05, 0) is 62.8 Å². The maximum atomic E-state index is 14.6. The highest BCUT2D eigenvalue weighted by atomic mass is 35.5. The molecular formula is C25H33ClFN7O. The molecule has 0 amide bonds.